The third kappa shape index (κ3) is 1.22. The molecule has 6 fully saturated rings. The number of hydrogen-bond donors (Lipinski definition) is 1. The van der Waals surface area contributed by atoms with Gasteiger partial charge in [-0.05, 0) is 49.9 Å². The fourth-order valence-electron chi connectivity index (χ4n) is 7.13. The first-order valence-electron chi connectivity index (χ1n) is 9.06. The Labute approximate surface area is 134 Å². The van der Waals surface area contributed by atoms with E-state index in [-0.39, 0.29) is 23.2 Å². The average molecular weight is 318 g/mol. The van der Waals surface area contributed by atoms with E-state index in [1.54, 1.807) is 0 Å². The molecule has 0 aromatic rings. The minimum Gasteiger partial charge on any atom is -0.384 e. The van der Waals surface area contributed by atoms with Crippen molar-refractivity contribution in [1.82, 2.24) is 0 Å². The average Bonchev–Trinajstić information content (AvgIpc) is 3.41. The van der Waals surface area contributed by atoms with E-state index in [9.17, 15) is 14.7 Å². The largest absolute Gasteiger partial charge is 0.384 e. The molecule has 2 saturated heterocycles. The van der Waals surface area contributed by atoms with E-state index >= 15 is 0 Å². The summed E-state index contributed by atoms with van der Waals surface area (Å²) in [5, 5.41) is 11.7. The van der Waals surface area contributed by atoms with Crippen LogP contribution in [0.4, 0.5) is 0 Å². The third-order valence-corrected chi connectivity index (χ3v) is 8.40. The SMILES string of the molecule is C[C@]12CCC3C(CC[C@]45O[C@H]4C(=O)[C@H]4O[C@H]4[C@]35O)C1CCC2=O. The number of rotatable bonds is 0. The van der Waals surface area contributed by atoms with Crippen molar-refractivity contribution >= 4 is 11.6 Å². The highest BCUT2D eigenvalue weighted by molar-refractivity contribution is 5.96. The zero-order valence-electron chi connectivity index (χ0n) is 13.3. The maximum atomic E-state index is 12.4. The molecule has 6 rings (SSSR count). The summed E-state index contributed by atoms with van der Waals surface area (Å²) in [5.74, 6) is 1.29. The molecule has 1 spiro atoms. The lowest BCUT2D eigenvalue weighted by Gasteiger charge is -2.56. The van der Waals surface area contributed by atoms with Gasteiger partial charge in [0.1, 0.15) is 29.2 Å². The van der Waals surface area contributed by atoms with Crippen molar-refractivity contribution in [3.05, 3.63) is 0 Å². The predicted molar refractivity (Wildman–Crippen MR) is 77.5 cm³/mol. The molecular weight excluding hydrogens is 296 g/mol. The number of fused-ring (bicyclic) bond motifs is 6. The van der Waals surface area contributed by atoms with Gasteiger partial charge < -0.3 is 14.6 Å². The first-order valence-corrected chi connectivity index (χ1v) is 9.06. The standard InChI is InChI=1S/C18H22O5/c1-16-6-5-10-8(9(16)2-3-11(16)19)4-7-17-14(23-17)12(20)13-15(22-13)18(10,17)21/h8-10,13-15,21H,2-7H2,1H3/t8?,9?,10?,13-,14+,15-,16+,17+,18-/m1/s1. The summed E-state index contributed by atoms with van der Waals surface area (Å²) in [7, 11) is 0. The lowest BCUT2D eigenvalue weighted by atomic mass is 9.48. The van der Waals surface area contributed by atoms with E-state index in [0.717, 1.165) is 32.1 Å². The number of ether oxygens (including phenoxy) is 2. The molecule has 5 heteroatoms. The van der Waals surface area contributed by atoms with Crippen molar-refractivity contribution in [3.63, 3.8) is 0 Å². The molecule has 1 N–H and O–H groups in total. The summed E-state index contributed by atoms with van der Waals surface area (Å²) < 4.78 is 11.5. The first-order chi connectivity index (χ1) is 10.9. The van der Waals surface area contributed by atoms with Gasteiger partial charge in [-0.1, -0.05) is 6.92 Å². The quantitative estimate of drug-likeness (QED) is 0.674. The summed E-state index contributed by atoms with van der Waals surface area (Å²) in [5.41, 5.74) is -1.90. The van der Waals surface area contributed by atoms with E-state index in [0.29, 0.717) is 24.0 Å². The zero-order valence-corrected chi connectivity index (χ0v) is 13.3. The van der Waals surface area contributed by atoms with Crippen LogP contribution in [0.3, 0.4) is 0 Å². The van der Waals surface area contributed by atoms with Crippen LogP contribution in [0.25, 0.3) is 0 Å². The van der Waals surface area contributed by atoms with Crippen LogP contribution in [-0.4, -0.2) is 46.2 Å². The maximum absolute atomic E-state index is 12.4. The lowest BCUT2D eigenvalue weighted by Crippen LogP contribution is -2.67. The van der Waals surface area contributed by atoms with Crippen LogP contribution < -0.4 is 0 Å². The van der Waals surface area contributed by atoms with Crippen LogP contribution in [0.5, 0.6) is 0 Å². The Bertz CT molecular complexity index is 660. The number of epoxide rings is 2. The first kappa shape index (κ1) is 13.5. The van der Waals surface area contributed by atoms with Gasteiger partial charge >= 0.3 is 0 Å². The number of hydrogen-bond acceptors (Lipinski definition) is 5. The Morgan fingerprint density at radius 3 is 2.78 bits per heavy atom. The highest BCUT2D eigenvalue weighted by atomic mass is 16.7. The number of carbonyl (C=O) groups is 2. The highest BCUT2D eigenvalue weighted by Crippen LogP contribution is 2.70. The molecule has 5 nitrogen and oxygen atoms in total. The zero-order chi connectivity index (χ0) is 15.8. The van der Waals surface area contributed by atoms with Crippen LogP contribution >= 0.6 is 0 Å². The van der Waals surface area contributed by atoms with Crippen LogP contribution in [0, 0.1) is 23.2 Å². The summed E-state index contributed by atoms with van der Waals surface area (Å²) in [6.07, 6.45) is 3.77. The number of carbonyl (C=O) groups excluding carboxylic acids is 2. The van der Waals surface area contributed by atoms with Crippen molar-refractivity contribution < 1.29 is 24.2 Å². The molecular formula is C18H22O5. The van der Waals surface area contributed by atoms with E-state index in [4.69, 9.17) is 9.47 Å². The highest BCUT2D eigenvalue weighted by Gasteiger charge is 2.87. The molecule has 3 unspecified atom stereocenters. The Morgan fingerprint density at radius 1 is 1.13 bits per heavy atom. The lowest BCUT2D eigenvalue weighted by molar-refractivity contribution is -0.179. The summed E-state index contributed by atoms with van der Waals surface area (Å²) in [4.78, 5) is 24.6. The fourth-order valence-corrected chi connectivity index (χ4v) is 7.13. The van der Waals surface area contributed by atoms with Crippen LogP contribution in [0.15, 0.2) is 0 Å². The predicted octanol–water partition coefficient (Wildman–Crippen LogP) is 1.01. The van der Waals surface area contributed by atoms with Gasteiger partial charge in [0.25, 0.3) is 0 Å². The Morgan fingerprint density at radius 2 is 1.96 bits per heavy atom. The van der Waals surface area contributed by atoms with Gasteiger partial charge in [-0.25, -0.2) is 0 Å². The Kier molecular flexibility index (Phi) is 2.10. The maximum Gasteiger partial charge on any atom is 0.196 e. The van der Waals surface area contributed by atoms with Gasteiger partial charge in [-0.2, -0.15) is 0 Å². The molecule has 23 heavy (non-hydrogen) atoms. The summed E-state index contributed by atoms with van der Waals surface area (Å²) in [6.45, 7) is 2.13. The number of ketones is 2. The van der Waals surface area contributed by atoms with Crippen molar-refractivity contribution in [2.24, 2.45) is 23.2 Å². The van der Waals surface area contributed by atoms with Gasteiger partial charge in [0, 0.05) is 11.8 Å². The van der Waals surface area contributed by atoms with Crippen LogP contribution in [0.2, 0.25) is 0 Å². The number of Topliss-reactive ketones (excluding diaryl/α,β-unsaturated/α-hetero) is 2. The van der Waals surface area contributed by atoms with Crippen molar-refractivity contribution in [2.75, 3.05) is 0 Å². The molecule has 4 saturated carbocycles. The van der Waals surface area contributed by atoms with Crippen molar-refractivity contribution in [1.29, 1.82) is 0 Å². The van der Waals surface area contributed by atoms with Gasteiger partial charge in [-0.15, -0.1) is 0 Å². The van der Waals surface area contributed by atoms with Crippen molar-refractivity contribution in [2.45, 2.75) is 75.0 Å². The van der Waals surface area contributed by atoms with Gasteiger partial charge in [0.2, 0.25) is 0 Å². The topological polar surface area (TPSA) is 79.4 Å². The van der Waals surface area contributed by atoms with E-state index in [1.165, 1.54) is 0 Å². The molecule has 6 aliphatic rings. The monoisotopic (exact) mass is 318 g/mol. The second-order valence-corrected chi connectivity index (χ2v) is 8.93. The van der Waals surface area contributed by atoms with Crippen LogP contribution in [-0.2, 0) is 19.1 Å². The van der Waals surface area contributed by atoms with Crippen LogP contribution in [0.1, 0.15) is 45.4 Å². The molecule has 0 aromatic carbocycles. The second kappa shape index (κ2) is 3.58. The van der Waals surface area contributed by atoms with Gasteiger partial charge in [0.15, 0.2) is 11.9 Å². The molecule has 0 radical (unpaired) electrons. The Hall–Kier alpha value is -0.780. The van der Waals surface area contributed by atoms with E-state index in [1.807, 2.05) is 0 Å². The molecule has 9 atom stereocenters. The Balaban J connectivity index is 1.43. The molecule has 2 heterocycles. The van der Waals surface area contributed by atoms with Gasteiger partial charge in [-0.3, -0.25) is 9.59 Å². The van der Waals surface area contributed by atoms with E-state index in [2.05, 4.69) is 6.92 Å². The normalized spacial score (nSPS) is 65.1. The molecule has 124 valence electrons. The van der Waals surface area contributed by atoms with Gasteiger partial charge in [0.05, 0.1) is 0 Å². The minimum absolute atomic E-state index is 0.0369. The van der Waals surface area contributed by atoms with Crippen molar-refractivity contribution in [3.8, 4) is 0 Å². The summed E-state index contributed by atoms with van der Waals surface area (Å²) >= 11 is 0. The molecule has 0 amide bonds. The number of aliphatic hydroxyl groups is 1. The molecule has 2 aliphatic heterocycles. The van der Waals surface area contributed by atoms with E-state index < -0.39 is 23.4 Å². The molecule has 0 bridgehead atoms. The summed E-state index contributed by atoms with van der Waals surface area (Å²) in [6, 6.07) is 0. The fraction of sp³-hybridized carbons (Fsp3) is 0.889. The molecule has 0 aromatic heterocycles. The second-order valence-electron chi connectivity index (χ2n) is 8.93. The smallest absolute Gasteiger partial charge is 0.196 e. The minimum atomic E-state index is -1.02. The molecule has 4 aliphatic carbocycles. The third-order valence-electron chi connectivity index (χ3n) is 8.40.